The molecule has 3 aromatic heterocycles. The number of aromatic nitrogens is 4. The number of aryl methyl sites for hydroxylation is 2. The first-order chi connectivity index (χ1) is 16.5. The molecule has 0 aliphatic heterocycles. The number of nitrogens with zero attached hydrogens (tertiary/aromatic N) is 4. The topological polar surface area (TPSA) is 99.0 Å². The molecule has 4 aromatic rings. The third kappa shape index (κ3) is 5.18. The fraction of sp³-hybridized carbons (Fsp3) is 0.208. The zero-order valence-electron chi connectivity index (χ0n) is 18.9. The van der Waals surface area contributed by atoms with Crippen molar-refractivity contribution in [2.75, 3.05) is 17.7 Å². The van der Waals surface area contributed by atoms with Crippen molar-refractivity contribution < 1.29 is 14.3 Å². The number of thiophene rings is 1. The summed E-state index contributed by atoms with van der Waals surface area (Å²) >= 11 is 2.55. The third-order valence-electron chi connectivity index (χ3n) is 5.07. The smallest absolute Gasteiger partial charge is 0.341 e. The lowest BCUT2D eigenvalue weighted by atomic mass is 10.1. The maximum absolute atomic E-state index is 12.7. The first kappa shape index (κ1) is 23.7. The quantitative estimate of drug-likeness (QED) is 0.275. The highest BCUT2D eigenvalue weighted by Crippen LogP contribution is 2.29. The fourth-order valence-electron chi connectivity index (χ4n) is 3.22. The van der Waals surface area contributed by atoms with Gasteiger partial charge in [0.25, 0.3) is 0 Å². The zero-order valence-corrected chi connectivity index (χ0v) is 20.6. The second-order valence-electron chi connectivity index (χ2n) is 7.37. The van der Waals surface area contributed by atoms with Gasteiger partial charge in [0.05, 0.1) is 23.6 Å². The van der Waals surface area contributed by atoms with E-state index in [1.165, 1.54) is 28.7 Å². The molecule has 0 saturated carbocycles. The summed E-state index contributed by atoms with van der Waals surface area (Å²) in [7, 11) is 0. The van der Waals surface area contributed by atoms with Crippen LogP contribution in [0.4, 0.5) is 5.00 Å². The molecule has 0 radical (unpaired) electrons. The van der Waals surface area contributed by atoms with Gasteiger partial charge in [-0.1, -0.05) is 17.8 Å². The predicted octanol–water partition coefficient (Wildman–Crippen LogP) is 4.92. The van der Waals surface area contributed by atoms with E-state index in [2.05, 4.69) is 46.5 Å². The Morgan fingerprint density at radius 3 is 2.62 bits per heavy atom. The van der Waals surface area contributed by atoms with Crippen molar-refractivity contribution in [2.24, 2.45) is 0 Å². The van der Waals surface area contributed by atoms with Crippen LogP contribution in [-0.2, 0) is 9.53 Å². The van der Waals surface area contributed by atoms with Crippen LogP contribution < -0.4 is 5.32 Å². The normalized spacial score (nSPS) is 10.8. The van der Waals surface area contributed by atoms with Crippen LogP contribution in [0.3, 0.4) is 0 Å². The Balaban J connectivity index is 1.57. The lowest BCUT2D eigenvalue weighted by Gasteiger charge is -2.12. The Morgan fingerprint density at radius 1 is 1.09 bits per heavy atom. The minimum atomic E-state index is -0.455. The van der Waals surface area contributed by atoms with Gasteiger partial charge in [0.15, 0.2) is 11.0 Å². The first-order valence-corrected chi connectivity index (χ1v) is 12.4. The largest absolute Gasteiger partial charge is 0.462 e. The summed E-state index contributed by atoms with van der Waals surface area (Å²) in [6, 6.07) is 11.5. The monoisotopic (exact) mass is 493 g/mol. The Labute approximate surface area is 205 Å². The van der Waals surface area contributed by atoms with E-state index in [4.69, 9.17) is 4.74 Å². The van der Waals surface area contributed by atoms with E-state index in [-0.39, 0.29) is 18.3 Å². The second-order valence-corrected chi connectivity index (χ2v) is 9.23. The van der Waals surface area contributed by atoms with E-state index in [9.17, 15) is 9.59 Å². The molecule has 0 spiro atoms. The Hall–Kier alpha value is -3.50. The number of hydrogen-bond donors (Lipinski definition) is 1. The molecule has 3 heterocycles. The van der Waals surface area contributed by atoms with Crippen molar-refractivity contribution in [3.63, 3.8) is 0 Å². The molecule has 10 heteroatoms. The average Bonchev–Trinajstić information content (AvgIpc) is 3.47. The molecule has 0 aliphatic rings. The molecule has 0 fully saturated rings. The Kier molecular flexibility index (Phi) is 7.39. The van der Waals surface area contributed by atoms with Crippen LogP contribution in [0.1, 0.15) is 28.4 Å². The molecule has 0 bridgehead atoms. The van der Waals surface area contributed by atoms with Crippen LogP contribution >= 0.6 is 23.1 Å². The van der Waals surface area contributed by atoms with E-state index in [0.717, 1.165) is 16.8 Å². The molecule has 4 rings (SSSR count). The van der Waals surface area contributed by atoms with Gasteiger partial charge in [-0.15, -0.1) is 21.5 Å². The van der Waals surface area contributed by atoms with Gasteiger partial charge >= 0.3 is 5.97 Å². The molecule has 0 saturated heterocycles. The van der Waals surface area contributed by atoms with Crippen molar-refractivity contribution >= 4 is 40.0 Å². The molecule has 8 nitrogen and oxygen atoms in total. The van der Waals surface area contributed by atoms with Gasteiger partial charge in [-0.05, 0) is 67.6 Å². The van der Waals surface area contributed by atoms with Gasteiger partial charge in [-0.25, -0.2) is 4.79 Å². The first-order valence-electron chi connectivity index (χ1n) is 10.6. The summed E-state index contributed by atoms with van der Waals surface area (Å²) in [6.07, 6.45) is 3.41. The van der Waals surface area contributed by atoms with Crippen molar-refractivity contribution in [3.05, 3.63) is 70.9 Å². The number of esters is 1. The number of rotatable bonds is 8. The number of pyridine rings is 1. The fourth-order valence-corrected chi connectivity index (χ4v) is 4.76. The van der Waals surface area contributed by atoms with Gasteiger partial charge in [0, 0.05) is 18.0 Å². The van der Waals surface area contributed by atoms with E-state index < -0.39 is 5.97 Å². The van der Waals surface area contributed by atoms with Crippen LogP contribution in [0.15, 0.2) is 59.3 Å². The highest BCUT2D eigenvalue weighted by atomic mass is 32.2. The number of carbonyl (C=O) groups is 2. The van der Waals surface area contributed by atoms with Crippen molar-refractivity contribution in [2.45, 2.75) is 25.9 Å². The molecular weight excluding hydrogens is 470 g/mol. The van der Waals surface area contributed by atoms with Crippen LogP contribution in [0.2, 0.25) is 0 Å². The predicted molar refractivity (Wildman–Crippen MR) is 134 cm³/mol. The molecule has 0 aliphatic carbocycles. The summed E-state index contributed by atoms with van der Waals surface area (Å²) in [4.78, 5) is 28.9. The van der Waals surface area contributed by atoms with Crippen LogP contribution in [0.25, 0.3) is 17.1 Å². The summed E-state index contributed by atoms with van der Waals surface area (Å²) in [5.41, 5.74) is 4.46. The summed E-state index contributed by atoms with van der Waals surface area (Å²) in [5, 5.41) is 14.4. The van der Waals surface area contributed by atoms with E-state index >= 15 is 0 Å². The maximum atomic E-state index is 12.7. The number of ether oxygens (including phenoxy) is 1. The molecule has 1 amide bonds. The minimum absolute atomic E-state index is 0.0967. The molecule has 0 unspecified atom stereocenters. The number of amides is 1. The molecule has 1 aromatic carbocycles. The summed E-state index contributed by atoms with van der Waals surface area (Å²) in [6.45, 7) is 6.12. The van der Waals surface area contributed by atoms with Gasteiger partial charge in [-0.3, -0.25) is 14.3 Å². The van der Waals surface area contributed by atoms with Gasteiger partial charge in [-0.2, -0.15) is 0 Å². The van der Waals surface area contributed by atoms with E-state index in [0.29, 0.717) is 21.5 Å². The van der Waals surface area contributed by atoms with Crippen LogP contribution in [0, 0.1) is 13.8 Å². The second kappa shape index (κ2) is 10.6. The van der Waals surface area contributed by atoms with Crippen LogP contribution in [0.5, 0.6) is 0 Å². The van der Waals surface area contributed by atoms with Crippen molar-refractivity contribution in [3.8, 4) is 17.1 Å². The molecular formula is C24H23N5O3S2. The number of benzene rings is 1. The minimum Gasteiger partial charge on any atom is -0.462 e. The highest BCUT2D eigenvalue weighted by molar-refractivity contribution is 7.99. The standard InChI is InChI=1S/C24H23N5O3S2/c1-4-32-23(31)19-9-12-33-22(19)26-20(30)14-34-24-28-27-21(17-7-10-25-11-8-17)29(24)18-6-5-15(2)16(3)13-18/h5-13H,4,14H2,1-3H3,(H,26,30). The highest BCUT2D eigenvalue weighted by Gasteiger charge is 2.19. The van der Waals surface area contributed by atoms with Gasteiger partial charge < -0.3 is 10.1 Å². The summed E-state index contributed by atoms with van der Waals surface area (Å²) in [5.74, 6) is 0.0529. The number of anilines is 1. The number of nitrogens with one attached hydrogen (secondary N) is 1. The lowest BCUT2D eigenvalue weighted by molar-refractivity contribution is -0.113. The Bertz CT molecular complexity index is 1320. The lowest BCUT2D eigenvalue weighted by Crippen LogP contribution is -2.16. The summed E-state index contributed by atoms with van der Waals surface area (Å²) < 4.78 is 6.99. The van der Waals surface area contributed by atoms with E-state index in [1.54, 1.807) is 30.8 Å². The van der Waals surface area contributed by atoms with E-state index in [1.807, 2.05) is 22.8 Å². The van der Waals surface area contributed by atoms with Crippen molar-refractivity contribution in [1.82, 2.24) is 19.7 Å². The van der Waals surface area contributed by atoms with Crippen molar-refractivity contribution in [1.29, 1.82) is 0 Å². The molecule has 174 valence electrons. The Morgan fingerprint density at radius 2 is 1.88 bits per heavy atom. The zero-order chi connectivity index (χ0) is 24.1. The van der Waals surface area contributed by atoms with Crippen LogP contribution in [-0.4, -0.2) is 44.0 Å². The molecule has 34 heavy (non-hydrogen) atoms. The number of thioether (sulfide) groups is 1. The molecule has 1 N–H and O–H groups in total. The SMILES string of the molecule is CCOC(=O)c1ccsc1NC(=O)CSc1nnc(-c2ccncc2)n1-c1ccc(C)c(C)c1. The van der Waals surface area contributed by atoms with Gasteiger partial charge in [0.2, 0.25) is 5.91 Å². The number of hydrogen-bond acceptors (Lipinski definition) is 8. The maximum Gasteiger partial charge on any atom is 0.341 e. The number of carbonyl (C=O) groups excluding carboxylic acids is 2. The average molecular weight is 494 g/mol. The van der Waals surface area contributed by atoms with Gasteiger partial charge in [0.1, 0.15) is 5.00 Å². The third-order valence-corrected chi connectivity index (χ3v) is 6.83. The molecule has 0 atom stereocenters.